The molecule has 1 saturated heterocycles. The van der Waals surface area contributed by atoms with Crippen LogP contribution in [-0.4, -0.2) is 43.2 Å². The predicted octanol–water partition coefficient (Wildman–Crippen LogP) is 2.75. The minimum atomic E-state index is -0.945. The number of hydrogen-bond acceptors (Lipinski definition) is 5. The van der Waals surface area contributed by atoms with Crippen LogP contribution in [0, 0.1) is 5.92 Å². The Balaban J connectivity index is 1.72. The van der Waals surface area contributed by atoms with Crippen LogP contribution in [0.15, 0.2) is 29.2 Å². The molecule has 1 unspecified atom stereocenters. The summed E-state index contributed by atoms with van der Waals surface area (Å²) in [6.07, 6.45) is 6.14. The first-order valence-corrected chi connectivity index (χ1v) is 10.6. The van der Waals surface area contributed by atoms with Gasteiger partial charge in [-0.2, -0.15) is 0 Å². The quantitative estimate of drug-likeness (QED) is 0.618. The molecule has 0 bridgehead atoms. The minimum absolute atomic E-state index is 0.0656. The highest BCUT2D eigenvalue weighted by Gasteiger charge is 2.45. The number of hydrogen-bond donors (Lipinski definition) is 1. The van der Waals surface area contributed by atoms with Crippen molar-refractivity contribution in [2.24, 2.45) is 5.92 Å². The number of carbonyl (C=O) groups excluding carboxylic acids is 3. The highest BCUT2D eigenvalue weighted by atomic mass is 32.2. The number of carbonyl (C=O) groups is 3. The van der Waals surface area contributed by atoms with Gasteiger partial charge in [0.1, 0.15) is 5.54 Å². The van der Waals surface area contributed by atoms with E-state index in [1.807, 2.05) is 30.5 Å². The summed E-state index contributed by atoms with van der Waals surface area (Å²) < 4.78 is 4.96. The number of esters is 1. The number of methoxy groups -OCH3 is 1. The van der Waals surface area contributed by atoms with Crippen molar-refractivity contribution in [3.63, 3.8) is 0 Å². The smallest absolute Gasteiger partial charge is 0.331 e. The van der Waals surface area contributed by atoms with Crippen LogP contribution < -0.4 is 10.2 Å². The van der Waals surface area contributed by atoms with Gasteiger partial charge in [-0.15, -0.1) is 11.8 Å². The second kappa shape index (κ2) is 8.33. The number of benzene rings is 1. The summed E-state index contributed by atoms with van der Waals surface area (Å²) in [5.41, 5.74) is -0.137. The zero-order valence-electron chi connectivity index (χ0n) is 15.8. The molecule has 1 aromatic carbocycles. The molecular weight excluding hydrogens is 364 g/mol. The van der Waals surface area contributed by atoms with Gasteiger partial charge in [0, 0.05) is 23.5 Å². The van der Waals surface area contributed by atoms with Crippen LogP contribution >= 0.6 is 11.8 Å². The first kappa shape index (κ1) is 19.7. The molecule has 3 rings (SSSR count). The van der Waals surface area contributed by atoms with Crippen LogP contribution in [0.3, 0.4) is 0 Å². The molecule has 146 valence electrons. The summed E-state index contributed by atoms with van der Waals surface area (Å²) in [6.45, 7) is 0.333. The zero-order valence-corrected chi connectivity index (χ0v) is 16.6. The molecule has 2 aliphatic rings. The molecule has 6 nitrogen and oxygen atoms in total. The molecule has 1 aromatic rings. The molecule has 7 heteroatoms. The van der Waals surface area contributed by atoms with E-state index in [9.17, 15) is 14.4 Å². The van der Waals surface area contributed by atoms with E-state index in [4.69, 9.17) is 4.74 Å². The Hall–Kier alpha value is -2.02. The summed E-state index contributed by atoms with van der Waals surface area (Å²) in [5, 5.41) is 2.94. The molecule has 1 saturated carbocycles. The summed E-state index contributed by atoms with van der Waals surface area (Å²) in [7, 11) is 1.35. The van der Waals surface area contributed by atoms with Crippen LogP contribution in [0.5, 0.6) is 0 Å². The Labute approximate surface area is 164 Å². The van der Waals surface area contributed by atoms with Crippen molar-refractivity contribution in [2.75, 3.05) is 24.8 Å². The molecule has 0 spiro atoms. The first-order valence-electron chi connectivity index (χ1n) is 9.34. The molecule has 0 aromatic heterocycles. The van der Waals surface area contributed by atoms with Gasteiger partial charge in [0.2, 0.25) is 11.8 Å². The normalized spacial score (nSPS) is 21.8. The lowest BCUT2D eigenvalue weighted by atomic mass is 9.81. The number of amides is 2. The number of rotatable bonds is 5. The van der Waals surface area contributed by atoms with Crippen LogP contribution in [0.25, 0.3) is 0 Å². The van der Waals surface area contributed by atoms with Crippen molar-refractivity contribution in [3.05, 3.63) is 24.3 Å². The Morgan fingerprint density at radius 2 is 2.00 bits per heavy atom. The maximum atomic E-state index is 12.9. The van der Waals surface area contributed by atoms with E-state index < -0.39 is 11.5 Å². The lowest BCUT2D eigenvalue weighted by molar-refractivity contribution is -0.153. The van der Waals surface area contributed by atoms with E-state index in [-0.39, 0.29) is 24.2 Å². The maximum Gasteiger partial charge on any atom is 0.331 e. The largest absolute Gasteiger partial charge is 0.467 e. The molecular formula is C20H26N2O4S. The van der Waals surface area contributed by atoms with Crippen molar-refractivity contribution in [2.45, 2.75) is 49.0 Å². The fourth-order valence-electron chi connectivity index (χ4n) is 3.98. The lowest BCUT2D eigenvalue weighted by Gasteiger charge is -2.35. The van der Waals surface area contributed by atoms with Crippen LogP contribution in [0.4, 0.5) is 5.69 Å². The highest BCUT2D eigenvalue weighted by Crippen LogP contribution is 2.32. The van der Waals surface area contributed by atoms with Gasteiger partial charge in [0.25, 0.3) is 0 Å². The van der Waals surface area contributed by atoms with E-state index in [0.717, 1.165) is 29.8 Å². The van der Waals surface area contributed by atoms with Crippen molar-refractivity contribution < 1.29 is 19.1 Å². The van der Waals surface area contributed by atoms with E-state index in [0.29, 0.717) is 19.4 Å². The number of nitrogens with one attached hydrogen (secondary N) is 1. The Morgan fingerprint density at radius 1 is 1.26 bits per heavy atom. The summed E-state index contributed by atoms with van der Waals surface area (Å²) in [4.78, 5) is 40.5. The average Bonchev–Trinajstić information content (AvgIpc) is 3.10. The zero-order chi connectivity index (χ0) is 19.4. The Morgan fingerprint density at radius 3 is 2.67 bits per heavy atom. The fraction of sp³-hybridized carbons (Fsp3) is 0.550. The highest BCUT2D eigenvalue weighted by molar-refractivity contribution is 7.98. The summed E-state index contributed by atoms with van der Waals surface area (Å²) >= 11 is 1.61. The first-order chi connectivity index (χ1) is 13.0. The number of thioether (sulfide) groups is 1. The third-order valence-electron chi connectivity index (χ3n) is 5.51. The van der Waals surface area contributed by atoms with Gasteiger partial charge in [0.15, 0.2) is 0 Å². The topological polar surface area (TPSA) is 75.7 Å². The van der Waals surface area contributed by atoms with E-state index in [1.54, 1.807) is 16.7 Å². The van der Waals surface area contributed by atoms with Gasteiger partial charge >= 0.3 is 5.97 Å². The second-order valence-corrected chi connectivity index (χ2v) is 8.11. The molecule has 1 N–H and O–H groups in total. The molecule has 2 fully saturated rings. The predicted molar refractivity (Wildman–Crippen MR) is 105 cm³/mol. The van der Waals surface area contributed by atoms with Crippen molar-refractivity contribution in [3.8, 4) is 0 Å². The van der Waals surface area contributed by atoms with Crippen LogP contribution in [0.1, 0.15) is 38.5 Å². The van der Waals surface area contributed by atoms with Crippen molar-refractivity contribution in [1.82, 2.24) is 5.32 Å². The standard InChI is InChI=1S/C20H26N2O4S/c1-26-19(25)20(9-4-3-5-10-20)21-18(24)14-11-17(23)22(13-14)15-7-6-8-16(12-15)27-2/h6-8,12,14H,3-5,9-11,13H2,1-2H3,(H,21,24). The molecule has 27 heavy (non-hydrogen) atoms. The Bertz CT molecular complexity index is 730. The van der Waals surface area contributed by atoms with E-state index in [2.05, 4.69) is 5.32 Å². The van der Waals surface area contributed by atoms with Crippen LogP contribution in [-0.2, 0) is 19.1 Å². The number of ether oxygens (including phenoxy) is 1. The lowest BCUT2D eigenvalue weighted by Crippen LogP contribution is -2.57. The molecule has 0 radical (unpaired) electrons. The molecule has 2 amide bonds. The maximum absolute atomic E-state index is 12.9. The molecule has 1 atom stereocenters. The van der Waals surface area contributed by atoms with Gasteiger partial charge in [0.05, 0.1) is 13.0 Å². The number of nitrogens with zero attached hydrogens (tertiary/aromatic N) is 1. The third kappa shape index (κ3) is 4.13. The van der Waals surface area contributed by atoms with E-state index >= 15 is 0 Å². The van der Waals surface area contributed by atoms with Gasteiger partial charge in [-0.1, -0.05) is 25.3 Å². The van der Waals surface area contributed by atoms with Gasteiger partial charge in [-0.3, -0.25) is 9.59 Å². The number of anilines is 1. The molecule has 1 aliphatic heterocycles. The van der Waals surface area contributed by atoms with E-state index in [1.165, 1.54) is 7.11 Å². The summed E-state index contributed by atoms with van der Waals surface area (Å²) in [5.74, 6) is -1.15. The van der Waals surface area contributed by atoms with Gasteiger partial charge < -0.3 is 15.0 Å². The van der Waals surface area contributed by atoms with Crippen molar-refractivity contribution in [1.29, 1.82) is 0 Å². The Kier molecular flexibility index (Phi) is 6.09. The third-order valence-corrected chi connectivity index (χ3v) is 6.23. The SMILES string of the molecule is COC(=O)C1(NC(=O)C2CC(=O)N(c3cccc(SC)c3)C2)CCCCC1. The summed E-state index contributed by atoms with van der Waals surface area (Å²) in [6, 6.07) is 7.74. The monoisotopic (exact) mass is 390 g/mol. The molecule has 1 aliphatic carbocycles. The average molecular weight is 391 g/mol. The molecule has 1 heterocycles. The van der Waals surface area contributed by atoms with Gasteiger partial charge in [-0.05, 0) is 37.3 Å². The van der Waals surface area contributed by atoms with Crippen molar-refractivity contribution >= 4 is 35.2 Å². The minimum Gasteiger partial charge on any atom is -0.467 e. The fourth-order valence-corrected chi connectivity index (χ4v) is 4.43. The second-order valence-electron chi connectivity index (χ2n) is 7.23. The van der Waals surface area contributed by atoms with Gasteiger partial charge in [-0.25, -0.2) is 4.79 Å². The van der Waals surface area contributed by atoms with Crippen LogP contribution in [0.2, 0.25) is 0 Å².